The first kappa shape index (κ1) is 37.2. The van der Waals surface area contributed by atoms with E-state index in [1.54, 1.807) is 6.07 Å². The number of hydrogen-bond donors (Lipinski definition) is 6. The van der Waals surface area contributed by atoms with E-state index in [4.69, 9.17) is 42.2 Å². The Labute approximate surface area is 271 Å². The molecule has 1 heterocycles. The number of nitrogens with two attached hydrogens (primary N) is 4. The van der Waals surface area contributed by atoms with Crippen LogP contribution in [0.5, 0.6) is 17.2 Å². The number of halogens is 3. The Hall–Kier alpha value is -4.28. The van der Waals surface area contributed by atoms with E-state index in [-0.39, 0.29) is 74.0 Å². The molecule has 0 bridgehead atoms. The zero-order valence-corrected chi connectivity index (χ0v) is 27.4. The molecule has 3 aromatic rings. The van der Waals surface area contributed by atoms with Crippen molar-refractivity contribution in [1.82, 2.24) is 4.72 Å². The second-order valence-electron chi connectivity index (χ2n) is 9.52. The molecule has 0 radical (unpaired) electrons. The highest BCUT2D eigenvalue weighted by molar-refractivity contribution is 7.92. The molecule has 0 amide bonds. The first-order valence-corrected chi connectivity index (χ1v) is 17.7. The summed E-state index contributed by atoms with van der Waals surface area (Å²) in [6.07, 6.45) is -0.888. The quantitative estimate of drug-likeness (QED) is 0.0508. The number of benzene rings is 2. The van der Waals surface area contributed by atoms with Gasteiger partial charge in [0.2, 0.25) is 11.5 Å². The molecule has 10 N–H and O–H groups in total. The van der Waals surface area contributed by atoms with Crippen LogP contribution >= 0.6 is 18.9 Å². The van der Waals surface area contributed by atoms with Crippen LogP contribution < -0.4 is 41.7 Å². The highest BCUT2D eigenvalue weighted by Gasteiger charge is 2.33. The summed E-state index contributed by atoms with van der Waals surface area (Å²) >= 11 is 0.369. The van der Waals surface area contributed by atoms with Crippen molar-refractivity contribution in [2.45, 2.75) is 30.4 Å². The molecular formula is C26H32F3N8O7PS2. The van der Waals surface area contributed by atoms with Gasteiger partial charge >= 0.3 is 7.60 Å². The SMILES string of the molecule is CCc1c(S(=O)(=O)NCP(=O)(O)Oc2ccc(C#N)c(F)c2)sc2c(F)c(OCCCN=C(N)N)c(OCCCN=C(N)N)c(F)c12. The lowest BCUT2D eigenvalue weighted by Crippen LogP contribution is -2.26. The molecule has 15 nitrogen and oxygen atoms in total. The minimum atomic E-state index is -4.79. The van der Waals surface area contributed by atoms with E-state index in [2.05, 4.69) is 9.98 Å². The number of hydrogen-bond acceptors (Lipinski definition) is 10. The summed E-state index contributed by atoms with van der Waals surface area (Å²) in [7, 11) is -9.48. The van der Waals surface area contributed by atoms with E-state index in [1.165, 1.54) is 6.92 Å². The maximum Gasteiger partial charge on any atom is 0.391 e. The van der Waals surface area contributed by atoms with Crippen LogP contribution in [0.3, 0.4) is 0 Å². The number of thiophene rings is 1. The van der Waals surface area contributed by atoms with Crippen molar-refractivity contribution in [2.24, 2.45) is 32.9 Å². The molecule has 1 unspecified atom stereocenters. The van der Waals surface area contributed by atoms with Gasteiger partial charge in [-0.15, -0.1) is 11.3 Å². The van der Waals surface area contributed by atoms with Gasteiger partial charge in [-0.25, -0.2) is 26.2 Å². The number of guanidine groups is 2. The van der Waals surface area contributed by atoms with E-state index in [0.29, 0.717) is 17.4 Å². The van der Waals surface area contributed by atoms with Crippen molar-refractivity contribution in [3.05, 3.63) is 46.8 Å². The molecule has 0 aliphatic heterocycles. The third-order valence-electron chi connectivity index (χ3n) is 6.04. The average Bonchev–Trinajstić information content (AvgIpc) is 3.40. The van der Waals surface area contributed by atoms with Crippen molar-refractivity contribution in [3.8, 4) is 23.3 Å². The Balaban J connectivity index is 1.97. The van der Waals surface area contributed by atoms with Gasteiger partial charge in [0.25, 0.3) is 10.0 Å². The zero-order chi connectivity index (χ0) is 34.9. The molecule has 0 fully saturated rings. The second kappa shape index (κ2) is 16.0. The summed E-state index contributed by atoms with van der Waals surface area (Å²) in [5, 5.41) is 8.45. The smallest absolute Gasteiger partial charge is 0.391 e. The maximum atomic E-state index is 16.1. The van der Waals surface area contributed by atoms with Crippen molar-refractivity contribution in [1.29, 1.82) is 5.26 Å². The van der Waals surface area contributed by atoms with Gasteiger partial charge < -0.3 is 41.8 Å². The number of nitrogens with zero attached hydrogens (tertiary/aromatic N) is 3. The Morgan fingerprint density at radius 2 is 1.62 bits per heavy atom. The molecule has 21 heteroatoms. The third-order valence-corrected chi connectivity index (χ3v) is 10.5. The van der Waals surface area contributed by atoms with Crippen LogP contribution in [-0.2, 0) is 21.0 Å². The predicted molar refractivity (Wildman–Crippen MR) is 169 cm³/mol. The van der Waals surface area contributed by atoms with Gasteiger partial charge in [-0.1, -0.05) is 6.92 Å². The number of nitrogens with one attached hydrogen (secondary N) is 1. The van der Waals surface area contributed by atoms with Gasteiger partial charge in [0.1, 0.15) is 28.1 Å². The van der Waals surface area contributed by atoms with Crippen molar-refractivity contribution in [2.75, 3.05) is 32.6 Å². The fourth-order valence-corrected chi connectivity index (χ4v) is 8.47. The van der Waals surface area contributed by atoms with Crippen LogP contribution in [0.2, 0.25) is 0 Å². The Kier molecular flexibility index (Phi) is 12.7. The van der Waals surface area contributed by atoms with Crippen molar-refractivity contribution >= 4 is 51.0 Å². The molecule has 1 atom stereocenters. The van der Waals surface area contributed by atoms with Crippen molar-refractivity contribution < 1.29 is 45.0 Å². The molecule has 0 spiro atoms. The standard InChI is InChI=1S/C26H32F3N8O7PS2/c1-2-16-18-19(28)21(42-9-3-7-35-25(31)32)22(43-10-4-8-36-26(33)34)20(29)23(18)46-24(16)47(40,41)37-13-45(38,39)44-15-6-5-14(12-30)17(27)11-15/h5-6,11,37H,2-4,7-10,13H2,1H3,(H,38,39)(H4,31,32,35)(H4,33,34,36). The van der Waals surface area contributed by atoms with E-state index in [9.17, 15) is 22.3 Å². The first-order valence-electron chi connectivity index (χ1n) is 13.6. The summed E-state index contributed by atoms with van der Waals surface area (Å²) in [6, 6.07) is 4.31. The van der Waals surface area contributed by atoms with Crippen LogP contribution in [0, 0.1) is 28.8 Å². The molecule has 0 saturated carbocycles. The van der Waals surface area contributed by atoms with E-state index in [0.717, 1.165) is 12.1 Å². The topological polar surface area (TPSA) is 264 Å². The molecule has 0 aliphatic rings. The molecule has 0 saturated heterocycles. The molecule has 256 valence electrons. The van der Waals surface area contributed by atoms with Crippen LogP contribution in [0.4, 0.5) is 13.2 Å². The van der Waals surface area contributed by atoms with Crippen LogP contribution in [0.15, 0.2) is 32.4 Å². The summed E-state index contributed by atoms with van der Waals surface area (Å²) in [5.74, 6) is -5.26. The van der Waals surface area contributed by atoms with Crippen LogP contribution in [0.25, 0.3) is 10.1 Å². The number of rotatable bonds is 17. The lowest BCUT2D eigenvalue weighted by atomic mass is 10.1. The average molecular weight is 721 g/mol. The molecule has 1 aromatic heterocycles. The van der Waals surface area contributed by atoms with Gasteiger partial charge in [-0.05, 0) is 24.1 Å². The monoisotopic (exact) mass is 720 g/mol. The number of ether oxygens (including phenoxy) is 2. The van der Waals surface area contributed by atoms with Gasteiger partial charge in [-0.3, -0.25) is 9.98 Å². The van der Waals surface area contributed by atoms with Gasteiger partial charge in [0.05, 0.1) is 23.5 Å². The number of fused-ring (bicyclic) bond motifs is 1. The number of aryl methyl sites for hydroxylation is 1. The summed E-state index contributed by atoms with van der Waals surface area (Å²) in [6.45, 7) is 1.40. The minimum Gasteiger partial charge on any atom is -0.487 e. The number of nitriles is 1. The van der Waals surface area contributed by atoms with E-state index >= 15 is 8.78 Å². The fourth-order valence-electron chi connectivity index (χ4n) is 4.01. The van der Waals surface area contributed by atoms with Gasteiger partial charge in [-0.2, -0.15) is 9.98 Å². The molecule has 0 aliphatic carbocycles. The summed E-state index contributed by atoms with van der Waals surface area (Å²) in [5.41, 5.74) is 20.7. The Morgan fingerprint density at radius 3 is 2.13 bits per heavy atom. The van der Waals surface area contributed by atoms with Crippen LogP contribution in [-0.4, -0.2) is 57.8 Å². The Bertz CT molecular complexity index is 1880. The summed E-state index contributed by atoms with van der Waals surface area (Å²) < 4.78 is 102. The third kappa shape index (κ3) is 9.62. The minimum absolute atomic E-state index is 0.104. The lowest BCUT2D eigenvalue weighted by Gasteiger charge is -2.16. The second-order valence-corrected chi connectivity index (χ2v) is 14.3. The normalized spacial score (nSPS) is 12.6. The van der Waals surface area contributed by atoms with E-state index < -0.39 is 67.5 Å². The molecule has 47 heavy (non-hydrogen) atoms. The zero-order valence-electron chi connectivity index (χ0n) is 24.8. The molecule has 3 rings (SSSR count). The number of sulfonamides is 1. The maximum absolute atomic E-state index is 16.1. The van der Waals surface area contributed by atoms with Crippen molar-refractivity contribution in [3.63, 3.8) is 0 Å². The number of aliphatic imine (C=N–C) groups is 2. The highest BCUT2D eigenvalue weighted by atomic mass is 32.2. The van der Waals surface area contributed by atoms with Gasteiger partial charge in [0.15, 0.2) is 23.6 Å². The predicted octanol–water partition coefficient (Wildman–Crippen LogP) is 2.34. The molecule has 2 aromatic carbocycles. The summed E-state index contributed by atoms with van der Waals surface area (Å²) in [4.78, 5) is 17.8. The fraction of sp³-hybridized carbons (Fsp3) is 0.346. The highest BCUT2D eigenvalue weighted by Crippen LogP contribution is 2.47. The Morgan fingerprint density at radius 1 is 1.04 bits per heavy atom. The molecular weight excluding hydrogens is 688 g/mol. The lowest BCUT2D eigenvalue weighted by molar-refractivity contribution is 0.247. The van der Waals surface area contributed by atoms with Crippen LogP contribution in [0.1, 0.15) is 30.9 Å². The van der Waals surface area contributed by atoms with E-state index in [1.807, 2.05) is 4.72 Å². The first-order chi connectivity index (χ1) is 22.1. The largest absolute Gasteiger partial charge is 0.487 e. The van der Waals surface area contributed by atoms with Gasteiger partial charge in [0, 0.05) is 37.4 Å².